The molecule has 2 amide bonds. The molecule has 1 fully saturated rings. The highest BCUT2D eigenvalue weighted by molar-refractivity contribution is 5.91. The van der Waals surface area contributed by atoms with Crippen molar-refractivity contribution in [3.05, 3.63) is 41.5 Å². The summed E-state index contributed by atoms with van der Waals surface area (Å²) < 4.78 is 37.1. The lowest BCUT2D eigenvalue weighted by Crippen LogP contribution is -2.46. The first-order valence-corrected chi connectivity index (χ1v) is 8.14. The van der Waals surface area contributed by atoms with Crippen molar-refractivity contribution in [2.75, 3.05) is 19.6 Å². The van der Waals surface area contributed by atoms with Crippen LogP contribution >= 0.6 is 0 Å². The van der Waals surface area contributed by atoms with Crippen molar-refractivity contribution < 1.29 is 22.8 Å². The average molecular weight is 354 g/mol. The van der Waals surface area contributed by atoms with Gasteiger partial charge in [-0.2, -0.15) is 13.2 Å². The van der Waals surface area contributed by atoms with Gasteiger partial charge < -0.3 is 10.2 Å². The lowest BCUT2D eigenvalue weighted by Gasteiger charge is -2.32. The summed E-state index contributed by atoms with van der Waals surface area (Å²) in [6.45, 7) is 2.51. The summed E-state index contributed by atoms with van der Waals surface area (Å²) in [5.41, 5.74) is 2.05. The number of amides is 2. The van der Waals surface area contributed by atoms with Crippen LogP contribution in [0.3, 0.4) is 0 Å². The second-order valence-corrected chi connectivity index (χ2v) is 6.22. The minimum absolute atomic E-state index is 0.0675. The number of alkyl halides is 3. The SMILES string of the molecule is Cc1ccc(/C=C/C(=O)NCC2CCN(C(=O)C(F)(F)F)CC2)cc1. The molecule has 2 rings (SSSR count). The normalized spacial score (nSPS) is 16.2. The van der Waals surface area contributed by atoms with Crippen molar-refractivity contribution in [2.24, 2.45) is 5.92 Å². The summed E-state index contributed by atoms with van der Waals surface area (Å²) in [5, 5.41) is 2.76. The predicted octanol–water partition coefficient (Wildman–Crippen LogP) is 2.93. The Labute approximate surface area is 144 Å². The fraction of sp³-hybridized carbons (Fsp3) is 0.444. The van der Waals surface area contributed by atoms with Gasteiger partial charge in [-0.3, -0.25) is 9.59 Å². The highest BCUT2D eigenvalue weighted by Crippen LogP contribution is 2.23. The Balaban J connectivity index is 1.73. The molecular weight excluding hydrogens is 333 g/mol. The second kappa shape index (κ2) is 8.18. The molecule has 1 aliphatic heterocycles. The van der Waals surface area contributed by atoms with Crippen LogP contribution in [0.15, 0.2) is 30.3 Å². The Morgan fingerprint density at radius 2 is 1.80 bits per heavy atom. The summed E-state index contributed by atoms with van der Waals surface area (Å²) in [5.74, 6) is -1.95. The van der Waals surface area contributed by atoms with Gasteiger partial charge in [0.15, 0.2) is 0 Å². The van der Waals surface area contributed by atoms with E-state index in [0.29, 0.717) is 19.4 Å². The molecule has 0 unspecified atom stereocenters. The Morgan fingerprint density at radius 3 is 2.36 bits per heavy atom. The molecule has 1 aliphatic rings. The highest BCUT2D eigenvalue weighted by atomic mass is 19.4. The number of carbonyl (C=O) groups excluding carboxylic acids is 2. The van der Waals surface area contributed by atoms with Crippen LogP contribution in [-0.4, -0.2) is 42.5 Å². The number of hydrogen-bond donors (Lipinski definition) is 1. The van der Waals surface area contributed by atoms with Gasteiger partial charge in [-0.25, -0.2) is 0 Å². The van der Waals surface area contributed by atoms with Crippen LogP contribution in [0.1, 0.15) is 24.0 Å². The number of piperidine rings is 1. The van der Waals surface area contributed by atoms with Crippen LogP contribution < -0.4 is 5.32 Å². The Hall–Kier alpha value is -2.31. The van der Waals surface area contributed by atoms with Gasteiger partial charge in [-0.1, -0.05) is 29.8 Å². The second-order valence-electron chi connectivity index (χ2n) is 6.22. The molecule has 4 nitrogen and oxygen atoms in total. The molecule has 0 spiro atoms. The number of nitrogens with one attached hydrogen (secondary N) is 1. The molecule has 1 heterocycles. The number of rotatable bonds is 4. The molecule has 0 saturated carbocycles. The first-order valence-electron chi connectivity index (χ1n) is 8.14. The molecule has 1 saturated heterocycles. The lowest BCUT2D eigenvalue weighted by molar-refractivity contribution is -0.186. The Morgan fingerprint density at radius 1 is 1.20 bits per heavy atom. The van der Waals surface area contributed by atoms with Gasteiger partial charge >= 0.3 is 12.1 Å². The van der Waals surface area contributed by atoms with Crippen LogP contribution in [0, 0.1) is 12.8 Å². The third kappa shape index (κ3) is 5.92. The van der Waals surface area contributed by atoms with Crippen molar-refractivity contribution >= 4 is 17.9 Å². The van der Waals surface area contributed by atoms with Gasteiger partial charge in [0, 0.05) is 25.7 Å². The number of hydrogen-bond acceptors (Lipinski definition) is 2. The Bertz CT molecular complexity index is 631. The summed E-state index contributed by atoms with van der Waals surface area (Å²) in [6.07, 6.45) is -0.776. The number of aryl methyl sites for hydroxylation is 1. The molecule has 0 atom stereocenters. The topological polar surface area (TPSA) is 49.4 Å². The van der Waals surface area contributed by atoms with Gasteiger partial charge in [-0.05, 0) is 37.3 Å². The van der Waals surface area contributed by atoms with Crippen LogP contribution in [0.2, 0.25) is 0 Å². The van der Waals surface area contributed by atoms with Crippen molar-refractivity contribution in [3.8, 4) is 0 Å². The number of likely N-dealkylation sites (tertiary alicyclic amines) is 1. The first kappa shape index (κ1) is 19.0. The molecule has 0 bridgehead atoms. The monoisotopic (exact) mass is 354 g/mol. The maximum Gasteiger partial charge on any atom is 0.471 e. The van der Waals surface area contributed by atoms with E-state index < -0.39 is 12.1 Å². The van der Waals surface area contributed by atoms with E-state index in [9.17, 15) is 22.8 Å². The number of nitrogens with zero attached hydrogens (tertiary/aromatic N) is 1. The van der Waals surface area contributed by atoms with Gasteiger partial charge in [0.1, 0.15) is 0 Å². The molecule has 1 N–H and O–H groups in total. The first-order chi connectivity index (χ1) is 11.8. The number of halogens is 3. The van der Waals surface area contributed by atoms with Gasteiger partial charge in [0.05, 0.1) is 0 Å². The summed E-state index contributed by atoms with van der Waals surface area (Å²) in [6, 6.07) is 7.72. The van der Waals surface area contributed by atoms with Crippen LogP contribution in [0.5, 0.6) is 0 Å². The molecule has 25 heavy (non-hydrogen) atoms. The summed E-state index contributed by atoms with van der Waals surface area (Å²) in [7, 11) is 0. The molecule has 1 aromatic rings. The molecule has 1 aromatic carbocycles. The van der Waals surface area contributed by atoms with E-state index in [1.807, 2.05) is 31.2 Å². The van der Waals surface area contributed by atoms with E-state index in [0.717, 1.165) is 16.0 Å². The van der Waals surface area contributed by atoms with Crippen LogP contribution in [0.4, 0.5) is 13.2 Å². The van der Waals surface area contributed by atoms with E-state index in [-0.39, 0.29) is 24.9 Å². The van der Waals surface area contributed by atoms with Gasteiger partial charge in [-0.15, -0.1) is 0 Å². The van der Waals surface area contributed by atoms with E-state index in [2.05, 4.69) is 5.32 Å². The van der Waals surface area contributed by atoms with Gasteiger partial charge in [0.25, 0.3) is 0 Å². The van der Waals surface area contributed by atoms with E-state index >= 15 is 0 Å². The standard InChI is InChI=1S/C18H21F3N2O2/c1-13-2-4-14(5-3-13)6-7-16(24)22-12-15-8-10-23(11-9-15)17(25)18(19,20)21/h2-7,15H,8-12H2,1H3,(H,22,24)/b7-6+. The third-order valence-corrected chi connectivity index (χ3v) is 4.21. The van der Waals surface area contributed by atoms with E-state index in [1.165, 1.54) is 6.08 Å². The molecule has 136 valence electrons. The molecule has 0 aliphatic carbocycles. The smallest absolute Gasteiger partial charge is 0.352 e. The largest absolute Gasteiger partial charge is 0.471 e. The summed E-state index contributed by atoms with van der Waals surface area (Å²) in [4.78, 5) is 23.8. The minimum Gasteiger partial charge on any atom is -0.352 e. The fourth-order valence-electron chi connectivity index (χ4n) is 2.67. The zero-order valence-corrected chi connectivity index (χ0v) is 14.0. The van der Waals surface area contributed by atoms with Crippen molar-refractivity contribution in [2.45, 2.75) is 25.9 Å². The average Bonchev–Trinajstić information content (AvgIpc) is 2.58. The van der Waals surface area contributed by atoms with Crippen LogP contribution in [0.25, 0.3) is 6.08 Å². The van der Waals surface area contributed by atoms with Crippen molar-refractivity contribution in [3.63, 3.8) is 0 Å². The van der Waals surface area contributed by atoms with Crippen molar-refractivity contribution in [1.82, 2.24) is 10.2 Å². The fourth-order valence-corrected chi connectivity index (χ4v) is 2.67. The van der Waals surface area contributed by atoms with Gasteiger partial charge in [0.2, 0.25) is 5.91 Å². The Kier molecular flexibility index (Phi) is 6.22. The van der Waals surface area contributed by atoms with E-state index in [1.54, 1.807) is 6.08 Å². The number of benzene rings is 1. The minimum atomic E-state index is -4.82. The molecule has 0 radical (unpaired) electrons. The van der Waals surface area contributed by atoms with Crippen LogP contribution in [-0.2, 0) is 9.59 Å². The predicted molar refractivity (Wildman–Crippen MR) is 88.6 cm³/mol. The maximum atomic E-state index is 12.4. The quantitative estimate of drug-likeness (QED) is 0.846. The zero-order valence-electron chi connectivity index (χ0n) is 14.0. The molecule has 0 aromatic heterocycles. The number of carbonyl (C=O) groups is 2. The summed E-state index contributed by atoms with van der Waals surface area (Å²) >= 11 is 0. The third-order valence-electron chi connectivity index (χ3n) is 4.21. The van der Waals surface area contributed by atoms with Crippen molar-refractivity contribution in [1.29, 1.82) is 0 Å². The van der Waals surface area contributed by atoms with E-state index in [4.69, 9.17) is 0 Å². The highest BCUT2D eigenvalue weighted by Gasteiger charge is 2.43. The zero-order chi connectivity index (χ0) is 18.4. The lowest BCUT2D eigenvalue weighted by atomic mass is 9.96. The molecular formula is C18H21F3N2O2. The molecule has 7 heteroatoms. The maximum absolute atomic E-state index is 12.4.